The summed E-state index contributed by atoms with van der Waals surface area (Å²) in [5, 5.41) is 8.40. The molecule has 1 N–H and O–H groups in total. The molecule has 0 radical (unpaired) electrons. The number of carboxylic acids is 1. The van der Waals surface area contributed by atoms with Crippen LogP contribution in [-0.2, 0) is 4.79 Å². The summed E-state index contributed by atoms with van der Waals surface area (Å²) in [6, 6.07) is 0. The Labute approximate surface area is 105 Å². The van der Waals surface area contributed by atoms with Gasteiger partial charge >= 0.3 is 5.97 Å². The van der Waals surface area contributed by atoms with Gasteiger partial charge in [0.15, 0.2) is 0 Å². The van der Waals surface area contributed by atoms with E-state index >= 15 is 0 Å². The van der Waals surface area contributed by atoms with E-state index in [-0.39, 0.29) is 6.42 Å². The molecule has 0 aromatic rings. The summed E-state index contributed by atoms with van der Waals surface area (Å²) in [6.45, 7) is 2.24. The minimum absolute atomic E-state index is 0.113. The van der Waals surface area contributed by atoms with Gasteiger partial charge in [-0.3, -0.25) is 4.79 Å². The molecule has 0 heterocycles. The molecule has 0 amide bonds. The molecular formula is C15H26O2. The van der Waals surface area contributed by atoms with E-state index < -0.39 is 5.97 Å². The molecular weight excluding hydrogens is 212 g/mol. The van der Waals surface area contributed by atoms with Gasteiger partial charge in [-0.1, -0.05) is 69.8 Å². The highest BCUT2D eigenvalue weighted by Gasteiger charge is 1.89. The molecule has 0 saturated carbocycles. The molecule has 17 heavy (non-hydrogen) atoms. The molecule has 0 unspecified atom stereocenters. The maximum absolute atomic E-state index is 10.2. The van der Waals surface area contributed by atoms with Crippen molar-refractivity contribution in [3.8, 4) is 0 Å². The lowest BCUT2D eigenvalue weighted by Crippen LogP contribution is -1.89. The van der Waals surface area contributed by atoms with Gasteiger partial charge in [-0.15, -0.1) is 0 Å². The number of unbranched alkanes of at least 4 members (excludes halogenated alkanes) is 7. The van der Waals surface area contributed by atoms with E-state index in [1.54, 1.807) is 6.08 Å². The van der Waals surface area contributed by atoms with Crippen LogP contribution >= 0.6 is 0 Å². The molecule has 0 aliphatic rings. The molecule has 0 aromatic heterocycles. The molecule has 98 valence electrons. The van der Waals surface area contributed by atoms with Crippen LogP contribution in [-0.4, -0.2) is 11.1 Å². The maximum atomic E-state index is 10.2. The number of allylic oxidation sites excluding steroid dienone is 3. The number of carbonyl (C=O) groups is 1. The summed E-state index contributed by atoms with van der Waals surface area (Å²) >= 11 is 0. The molecule has 0 rings (SSSR count). The number of hydrogen-bond acceptors (Lipinski definition) is 1. The average molecular weight is 238 g/mol. The van der Waals surface area contributed by atoms with Crippen molar-refractivity contribution in [1.82, 2.24) is 0 Å². The lowest BCUT2D eigenvalue weighted by atomic mass is 10.1. The standard InChI is InChI=1S/C15H26O2/c1-2-3-4-5-6-7-8-9-10-11-12-13-14-15(16)17/h10-13H,2-9,14H2,1H3,(H,16,17)/b11-10+,13-12+. The highest BCUT2D eigenvalue weighted by Crippen LogP contribution is 2.08. The van der Waals surface area contributed by atoms with Crippen LogP contribution in [0.4, 0.5) is 0 Å². The topological polar surface area (TPSA) is 37.3 Å². The van der Waals surface area contributed by atoms with Crippen LogP contribution in [0.25, 0.3) is 0 Å². The molecule has 0 atom stereocenters. The van der Waals surface area contributed by atoms with E-state index in [0.717, 1.165) is 6.42 Å². The average Bonchev–Trinajstić information content (AvgIpc) is 2.30. The second kappa shape index (κ2) is 13.0. The van der Waals surface area contributed by atoms with Crippen LogP contribution in [0.2, 0.25) is 0 Å². The van der Waals surface area contributed by atoms with Crippen LogP contribution in [0.5, 0.6) is 0 Å². The van der Waals surface area contributed by atoms with E-state index in [0.29, 0.717) is 0 Å². The second-order valence-corrected chi connectivity index (χ2v) is 4.36. The SMILES string of the molecule is CCCCCCCCC/C=C/C=C/CC(=O)O. The molecule has 0 aliphatic carbocycles. The summed E-state index contributed by atoms with van der Waals surface area (Å²) < 4.78 is 0. The van der Waals surface area contributed by atoms with Gasteiger partial charge in [-0.25, -0.2) is 0 Å². The van der Waals surface area contributed by atoms with Gasteiger partial charge in [0.1, 0.15) is 0 Å². The summed E-state index contributed by atoms with van der Waals surface area (Å²) in [5.74, 6) is -0.776. The molecule has 0 aromatic carbocycles. The fourth-order valence-electron chi connectivity index (χ4n) is 1.64. The molecule has 2 nitrogen and oxygen atoms in total. The van der Waals surface area contributed by atoms with Crippen molar-refractivity contribution in [3.05, 3.63) is 24.3 Å². The minimum Gasteiger partial charge on any atom is -0.481 e. The predicted octanol–water partition coefficient (Wildman–Crippen LogP) is 4.71. The van der Waals surface area contributed by atoms with Gasteiger partial charge in [0.25, 0.3) is 0 Å². The van der Waals surface area contributed by atoms with Crippen LogP contribution in [0, 0.1) is 0 Å². The fraction of sp³-hybridized carbons (Fsp3) is 0.667. The summed E-state index contributed by atoms with van der Waals surface area (Å²) in [4.78, 5) is 10.2. The van der Waals surface area contributed by atoms with Gasteiger partial charge in [0, 0.05) is 0 Å². The summed E-state index contributed by atoms with van der Waals surface area (Å²) in [5.41, 5.74) is 0. The van der Waals surface area contributed by atoms with Gasteiger partial charge in [0.2, 0.25) is 0 Å². The first-order chi connectivity index (χ1) is 8.27. The van der Waals surface area contributed by atoms with E-state index in [2.05, 4.69) is 13.0 Å². The first kappa shape index (κ1) is 16.0. The first-order valence-corrected chi connectivity index (χ1v) is 6.80. The van der Waals surface area contributed by atoms with Crippen molar-refractivity contribution >= 4 is 5.97 Å². The zero-order chi connectivity index (χ0) is 12.8. The van der Waals surface area contributed by atoms with Crippen LogP contribution in [0.1, 0.15) is 64.7 Å². The quantitative estimate of drug-likeness (QED) is 0.418. The van der Waals surface area contributed by atoms with E-state index in [4.69, 9.17) is 5.11 Å². The van der Waals surface area contributed by atoms with Crippen molar-refractivity contribution < 1.29 is 9.90 Å². The second-order valence-electron chi connectivity index (χ2n) is 4.36. The molecule has 2 heteroatoms. The monoisotopic (exact) mass is 238 g/mol. The molecule has 0 bridgehead atoms. The van der Waals surface area contributed by atoms with Crippen LogP contribution < -0.4 is 0 Å². The zero-order valence-electron chi connectivity index (χ0n) is 11.0. The third kappa shape index (κ3) is 14.9. The molecule has 0 aliphatic heterocycles. The Morgan fingerprint density at radius 3 is 2.18 bits per heavy atom. The highest BCUT2D eigenvalue weighted by molar-refractivity contribution is 5.68. The van der Waals surface area contributed by atoms with Gasteiger partial charge in [-0.2, -0.15) is 0 Å². The third-order valence-corrected chi connectivity index (χ3v) is 2.65. The number of hydrogen-bond donors (Lipinski definition) is 1. The van der Waals surface area contributed by atoms with Crippen molar-refractivity contribution in [3.63, 3.8) is 0 Å². The van der Waals surface area contributed by atoms with Crippen molar-refractivity contribution in [1.29, 1.82) is 0 Å². The van der Waals surface area contributed by atoms with E-state index in [9.17, 15) is 4.79 Å². The Morgan fingerprint density at radius 2 is 1.53 bits per heavy atom. The lowest BCUT2D eigenvalue weighted by molar-refractivity contribution is -0.135. The number of carboxylic acid groups (broad SMARTS) is 1. The predicted molar refractivity (Wildman–Crippen MR) is 73.1 cm³/mol. The molecule has 0 fully saturated rings. The van der Waals surface area contributed by atoms with Gasteiger partial charge in [0.05, 0.1) is 6.42 Å². The maximum Gasteiger partial charge on any atom is 0.307 e. The minimum atomic E-state index is -0.776. The Hall–Kier alpha value is -1.05. The smallest absolute Gasteiger partial charge is 0.307 e. The normalized spacial score (nSPS) is 11.6. The van der Waals surface area contributed by atoms with Crippen molar-refractivity contribution in [2.24, 2.45) is 0 Å². The van der Waals surface area contributed by atoms with Crippen LogP contribution in [0.15, 0.2) is 24.3 Å². The van der Waals surface area contributed by atoms with Crippen LogP contribution in [0.3, 0.4) is 0 Å². The third-order valence-electron chi connectivity index (χ3n) is 2.65. The highest BCUT2D eigenvalue weighted by atomic mass is 16.4. The van der Waals surface area contributed by atoms with Gasteiger partial charge in [-0.05, 0) is 12.8 Å². The Kier molecular flexibility index (Phi) is 12.2. The summed E-state index contributed by atoms with van der Waals surface area (Å²) in [6.07, 6.45) is 18.1. The van der Waals surface area contributed by atoms with Crippen molar-refractivity contribution in [2.75, 3.05) is 0 Å². The Morgan fingerprint density at radius 1 is 0.941 bits per heavy atom. The first-order valence-electron chi connectivity index (χ1n) is 6.80. The number of aliphatic carboxylic acids is 1. The zero-order valence-corrected chi connectivity index (χ0v) is 11.0. The molecule has 0 spiro atoms. The largest absolute Gasteiger partial charge is 0.481 e. The molecule has 0 saturated heterocycles. The Balaban J connectivity index is 3.19. The van der Waals surface area contributed by atoms with Crippen molar-refractivity contribution in [2.45, 2.75) is 64.7 Å². The lowest BCUT2D eigenvalue weighted by Gasteiger charge is -1.98. The number of rotatable bonds is 11. The van der Waals surface area contributed by atoms with E-state index in [1.165, 1.54) is 44.9 Å². The fourth-order valence-corrected chi connectivity index (χ4v) is 1.64. The summed E-state index contributed by atoms with van der Waals surface area (Å²) in [7, 11) is 0. The van der Waals surface area contributed by atoms with Gasteiger partial charge < -0.3 is 5.11 Å². The Bertz CT molecular complexity index is 229. The van der Waals surface area contributed by atoms with E-state index in [1.807, 2.05) is 12.2 Å².